The second-order valence-corrected chi connectivity index (χ2v) is 8.77. The highest BCUT2D eigenvalue weighted by Crippen LogP contribution is 2.45. The van der Waals surface area contributed by atoms with Gasteiger partial charge in [0.2, 0.25) is 0 Å². The number of nitrogens with zero attached hydrogens (tertiary/aromatic N) is 1. The summed E-state index contributed by atoms with van der Waals surface area (Å²) in [5, 5.41) is 3.90. The van der Waals surface area contributed by atoms with Crippen LogP contribution in [0.4, 0.5) is 0 Å². The molecule has 9 heteroatoms. The van der Waals surface area contributed by atoms with Crippen molar-refractivity contribution in [3.05, 3.63) is 59.7 Å². The SMILES string of the molecule is NC(=O)COc1ccc(/C=N\NC(=O)COc2ccc(C3SCCS3)cc2)cc1. The number of hydrazone groups is 1. The molecule has 0 aliphatic carbocycles. The monoisotopic (exact) mass is 431 g/mol. The zero-order valence-corrected chi connectivity index (χ0v) is 17.2. The number of carbonyl (C=O) groups excluding carboxylic acids is 2. The van der Waals surface area contributed by atoms with Crippen LogP contribution in [-0.2, 0) is 9.59 Å². The average molecular weight is 432 g/mol. The van der Waals surface area contributed by atoms with Gasteiger partial charge in [-0.15, -0.1) is 23.5 Å². The maximum absolute atomic E-state index is 11.9. The van der Waals surface area contributed by atoms with E-state index in [-0.39, 0.29) is 19.1 Å². The van der Waals surface area contributed by atoms with Gasteiger partial charge in [-0.1, -0.05) is 12.1 Å². The van der Waals surface area contributed by atoms with Gasteiger partial charge in [-0.05, 0) is 47.5 Å². The van der Waals surface area contributed by atoms with Crippen molar-refractivity contribution in [3.63, 3.8) is 0 Å². The third-order valence-electron chi connectivity index (χ3n) is 3.81. The van der Waals surface area contributed by atoms with Gasteiger partial charge in [-0.3, -0.25) is 9.59 Å². The van der Waals surface area contributed by atoms with Gasteiger partial charge < -0.3 is 15.2 Å². The quantitative estimate of drug-likeness (QED) is 0.467. The summed E-state index contributed by atoms with van der Waals surface area (Å²) in [7, 11) is 0. The minimum Gasteiger partial charge on any atom is -0.484 e. The predicted octanol–water partition coefficient (Wildman–Crippen LogP) is 2.56. The summed E-state index contributed by atoms with van der Waals surface area (Å²) in [5.74, 6) is 2.64. The van der Waals surface area contributed by atoms with Crippen LogP contribution in [0.1, 0.15) is 15.7 Å². The molecule has 0 saturated carbocycles. The summed E-state index contributed by atoms with van der Waals surface area (Å²) in [4.78, 5) is 22.5. The van der Waals surface area contributed by atoms with Gasteiger partial charge in [0.25, 0.3) is 11.8 Å². The smallest absolute Gasteiger partial charge is 0.277 e. The molecule has 1 aliphatic heterocycles. The molecule has 2 amide bonds. The third kappa shape index (κ3) is 7.03. The van der Waals surface area contributed by atoms with Crippen molar-refractivity contribution in [3.8, 4) is 11.5 Å². The molecule has 1 heterocycles. The van der Waals surface area contributed by atoms with Crippen molar-refractivity contribution < 1.29 is 19.1 Å². The summed E-state index contributed by atoms with van der Waals surface area (Å²) in [6.07, 6.45) is 1.50. The molecule has 0 unspecified atom stereocenters. The zero-order valence-electron chi connectivity index (χ0n) is 15.6. The number of primary amides is 1. The molecule has 1 fully saturated rings. The first-order valence-corrected chi connectivity index (χ1v) is 11.0. The number of thioether (sulfide) groups is 2. The number of amides is 2. The number of carbonyl (C=O) groups is 2. The van der Waals surface area contributed by atoms with E-state index in [1.165, 1.54) is 23.3 Å². The Morgan fingerprint density at radius 3 is 2.21 bits per heavy atom. The van der Waals surface area contributed by atoms with E-state index in [1.807, 2.05) is 47.8 Å². The maximum atomic E-state index is 11.9. The standard InChI is InChI=1S/C20H21N3O4S2/c21-18(24)12-26-16-5-1-14(2-6-16)11-22-23-19(25)13-27-17-7-3-15(4-8-17)20-28-9-10-29-20/h1-8,11,20H,9-10,12-13H2,(H2,21,24)(H,23,25)/b22-11-. The van der Waals surface area contributed by atoms with E-state index < -0.39 is 5.91 Å². The number of nitrogens with two attached hydrogens (primary N) is 1. The Kier molecular flexibility index (Phi) is 7.83. The number of ether oxygens (including phenoxy) is 2. The minimum atomic E-state index is -0.539. The van der Waals surface area contributed by atoms with Gasteiger partial charge in [-0.25, -0.2) is 5.43 Å². The molecule has 1 saturated heterocycles. The number of hydrogen-bond acceptors (Lipinski definition) is 7. The largest absolute Gasteiger partial charge is 0.484 e. The lowest BCUT2D eigenvalue weighted by Crippen LogP contribution is -2.24. The van der Waals surface area contributed by atoms with Gasteiger partial charge in [0, 0.05) is 11.5 Å². The fraction of sp³-hybridized carbons (Fsp3) is 0.250. The van der Waals surface area contributed by atoms with Crippen LogP contribution in [-0.4, -0.2) is 42.7 Å². The Morgan fingerprint density at radius 2 is 1.59 bits per heavy atom. The van der Waals surface area contributed by atoms with Crippen molar-refractivity contribution in [2.24, 2.45) is 10.8 Å². The first-order valence-electron chi connectivity index (χ1n) is 8.89. The van der Waals surface area contributed by atoms with Crippen LogP contribution in [0.3, 0.4) is 0 Å². The molecular formula is C20H21N3O4S2. The molecule has 0 atom stereocenters. The first-order chi connectivity index (χ1) is 14.1. The van der Waals surface area contributed by atoms with Crippen molar-refractivity contribution in [2.75, 3.05) is 24.7 Å². The molecule has 3 N–H and O–H groups in total. The second kappa shape index (κ2) is 10.8. The van der Waals surface area contributed by atoms with Gasteiger partial charge in [-0.2, -0.15) is 5.10 Å². The molecule has 0 spiro atoms. The van der Waals surface area contributed by atoms with Crippen molar-refractivity contribution in [1.29, 1.82) is 0 Å². The number of nitrogens with one attached hydrogen (secondary N) is 1. The molecule has 0 bridgehead atoms. The Hall–Kier alpha value is -2.65. The molecule has 2 aromatic rings. The predicted molar refractivity (Wildman–Crippen MR) is 116 cm³/mol. The van der Waals surface area contributed by atoms with E-state index in [9.17, 15) is 9.59 Å². The van der Waals surface area contributed by atoms with Crippen LogP contribution in [0.5, 0.6) is 11.5 Å². The van der Waals surface area contributed by atoms with E-state index in [2.05, 4.69) is 10.5 Å². The lowest BCUT2D eigenvalue weighted by atomic mass is 10.2. The Balaban J connectivity index is 1.39. The molecule has 152 valence electrons. The molecule has 29 heavy (non-hydrogen) atoms. The average Bonchev–Trinajstić information content (AvgIpc) is 3.27. The van der Waals surface area contributed by atoms with Crippen LogP contribution in [0.15, 0.2) is 53.6 Å². The molecule has 3 rings (SSSR count). The lowest BCUT2D eigenvalue weighted by molar-refractivity contribution is -0.123. The van der Waals surface area contributed by atoms with Crippen LogP contribution in [0.2, 0.25) is 0 Å². The van der Waals surface area contributed by atoms with Crippen molar-refractivity contribution in [1.82, 2.24) is 5.43 Å². The first kappa shape index (κ1) is 21.1. The summed E-state index contributed by atoms with van der Waals surface area (Å²) in [6, 6.07) is 14.7. The van der Waals surface area contributed by atoms with Crippen molar-refractivity contribution >= 4 is 41.6 Å². The van der Waals surface area contributed by atoms with E-state index in [0.29, 0.717) is 16.1 Å². The highest BCUT2D eigenvalue weighted by Gasteiger charge is 2.17. The topological polar surface area (TPSA) is 103 Å². The van der Waals surface area contributed by atoms with E-state index in [1.54, 1.807) is 24.3 Å². The van der Waals surface area contributed by atoms with Gasteiger partial charge in [0.05, 0.1) is 10.8 Å². The van der Waals surface area contributed by atoms with Crippen LogP contribution >= 0.6 is 23.5 Å². The fourth-order valence-electron chi connectivity index (χ4n) is 2.44. The summed E-state index contributed by atoms with van der Waals surface area (Å²) < 4.78 is 11.2. The normalized spacial score (nSPS) is 14.1. The van der Waals surface area contributed by atoms with E-state index in [4.69, 9.17) is 15.2 Å². The second-order valence-electron chi connectivity index (χ2n) is 6.05. The number of benzene rings is 2. The van der Waals surface area contributed by atoms with Crippen LogP contribution in [0.25, 0.3) is 0 Å². The molecule has 2 aromatic carbocycles. The molecule has 0 radical (unpaired) electrons. The molecular weight excluding hydrogens is 410 g/mol. The zero-order chi connectivity index (χ0) is 20.5. The highest BCUT2D eigenvalue weighted by molar-refractivity contribution is 8.19. The van der Waals surface area contributed by atoms with E-state index >= 15 is 0 Å². The molecule has 0 aromatic heterocycles. The van der Waals surface area contributed by atoms with Gasteiger partial charge in [0.1, 0.15) is 11.5 Å². The summed E-state index contributed by atoms with van der Waals surface area (Å²) >= 11 is 3.90. The van der Waals surface area contributed by atoms with E-state index in [0.717, 1.165) is 5.56 Å². The highest BCUT2D eigenvalue weighted by atomic mass is 32.2. The van der Waals surface area contributed by atoms with Gasteiger partial charge >= 0.3 is 0 Å². The molecule has 7 nitrogen and oxygen atoms in total. The summed E-state index contributed by atoms with van der Waals surface area (Å²) in [6.45, 7) is -0.297. The van der Waals surface area contributed by atoms with Crippen molar-refractivity contribution in [2.45, 2.75) is 4.58 Å². The Bertz CT molecular complexity index is 851. The number of hydrogen-bond donors (Lipinski definition) is 2. The maximum Gasteiger partial charge on any atom is 0.277 e. The third-order valence-corrected chi connectivity index (χ3v) is 6.91. The van der Waals surface area contributed by atoms with Gasteiger partial charge in [0.15, 0.2) is 13.2 Å². The van der Waals surface area contributed by atoms with Crippen LogP contribution < -0.4 is 20.6 Å². The Labute approximate surface area is 177 Å². The lowest BCUT2D eigenvalue weighted by Gasteiger charge is -2.10. The fourth-order valence-corrected chi connectivity index (χ4v) is 5.30. The number of rotatable bonds is 9. The van der Waals surface area contributed by atoms with Crippen LogP contribution in [0, 0.1) is 0 Å². The minimum absolute atomic E-state index is 0.122. The Morgan fingerprint density at radius 1 is 1.00 bits per heavy atom. The molecule has 1 aliphatic rings. The summed E-state index contributed by atoms with van der Waals surface area (Å²) in [5.41, 5.74) is 9.47.